The van der Waals surface area contributed by atoms with Crippen LogP contribution in [-0.4, -0.2) is 6.61 Å². The Hall–Kier alpha value is -4.18. The highest BCUT2D eigenvalue weighted by Crippen LogP contribution is 2.40. The third-order valence-electron chi connectivity index (χ3n) is 6.82. The molecule has 0 N–H and O–H groups in total. The summed E-state index contributed by atoms with van der Waals surface area (Å²) in [6.07, 6.45) is 0. The van der Waals surface area contributed by atoms with Gasteiger partial charge in [-0.1, -0.05) is 103 Å². The smallest absolute Gasteiger partial charge is 0.170 e. The fourth-order valence-electron chi connectivity index (χ4n) is 4.82. The number of rotatable bonds is 9. The summed E-state index contributed by atoms with van der Waals surface area (Å²) in [5.41, 5.74) is 4.91. The number of hydrogen-bond donors (Lipinski definition) is 0. The zero-order valence-electron chi connectivity index (χ0n) is 22.9. The van der Waals surface area contributed by atoms with Crippen molar-refractivity contribution in [2.75, 3.05) is 6.61 Å². The molecule has 0 fully saturated rings. The zero-order chi connectivity index (χ0) is 27.9. The first-order valence-corrected chi connectivity index (χ1v) is 15.9. The average molecular weight is 568 g/mol. The van der Waals surface area contributed by atoms with Crippen molar-refractivity contribution < 1.29 is 4.74 Å². The van der Waals surface area contributed by atoms with Gasteiger partial charge in [0.25, 0.3) is 0 Å². The summed E-state index contributed by atoms with van der Waals surface area (Å²) in [6, 6.07) is 56.4. The van der Waals surface area contributed by atoms with Crippen LogP contribution in [0, 0.1) is 0 Å². The molecule has 1 unspecified atom stereocenters. The van der Waals surface area contributed by atoms with E-state index in [4.69, 9.17) is 4.74 Å². The normalized spacial score (nSPS) is 11.6. The molecule has 0 aliphatic carbocycles. The van der Waals surface area contributed by atoms with Gasteiger partial charge in [0.05, 0.1) is 22.4 Å². The molecular formula is C38H31OS2+. The molecule has 0 saturated heterocycles. The molecule has 1 nitrogen and oxygen atoms in total. The molecule has 0 radical (unpaired) electrons. The van der Waals surface area contributed by atoms with Gasteiger partial charge in [0.1, 0.15) is 5.75 Å². The molecule has 6 aromatic rings. The largest absolute Gasteiger partial charge is 0.492 e. The highest BCUT2D eigenvalue weighted by atomic mass is 32.2. The van der Waals surface area contributed by atoms with Crippen LogP contribution in [0.15, 0.2) is 182 Å². The fourth-order valence-corrected chi connectivity index (χ4v) is 7.78. The maximum absolute atomic E-state index is 6.23. The molecule has 0 saturated carbocycles. The molecular weight excluding hydrogens is 537 g/mol. The molecule has 6 rings (SSSR count). The summed E-state index contributed by atoms with van der Waals surface area (Å²) in [5, 5.41) is 0. The van der Waals surface area contributed by atoms with Crippen LogP contribution < -0.4 is 4.74 Å². The van der Waals surface area contributed by atoms with E-state index in [0.717, 1.165) is 10.6 Å². The Morgan fingerprint density at radius 1 is 0.488 bits per heavy atom. The summed E-state index contributed by atoms with van der Waals surface area (Å²) in [6.45, 7) is 2.67. The lowest BCUT2D eigenvalue weighted by atomic mass is 10.1. The quantitative estimate of drug-likeness (QED) is 0.161. The minimum atomic E-state index is -0.261. The summed E-state index contributed by atoms with van der Waals surface area (Å²) < 4.78 is 6.23. The SMILES string of the molecule is CCOc1cc([S+](c2ccccc2)c2ccc(-c3ccccc3)cc2)ccc1Sc1ccc(-c2ccccc2)cc1. The Kier molecular flexibility index (Phi) is 8.56. The lowest BCUT2D eigenvalue weighted by Crippen LogP contribution is -2.06. The van der Waals surface area contributed by atoms with Crippen molar-refractivity contribution in [1.29, 1.82) is 0 Å². The third-order valence-corrected chi connectivity index (χ3v) is 10.1. The van der Waals surface area contributed by atoms with Crippen LogP contribution in [0.3, 0.4) is 0 Å². The van der Waals surface area contributed by atoms with Crippen LogP contribution >= 0.6 is 11.8 Å². The van der Waals surface area contributed by atoms with E-state index < -0.39 is 0 Å². The summed E-state index contributed by atoms with van der Waals surface area (Å²) in [5.74, 6) is 0.927. The lowest BCUT2D eigenvalue weighted by molar-refractivity contribution is 0.331. The second-order valence-electron chi connectivity index (χ2n) is 9.54. The first kappa shape index (κ1) is 27.0. The molecule has 0 spiro atoms. The zero-order valence-corrected chi connectivity index (χ0v) is 24.6. The van der Waals surface area contributed by atoms with E-state index in [2.05, 4.69) is 165 Å². The van der Waals surface area contributed by atoms with Crippen LogP contribution in [0.2, 0.25) is 0 Å². The van der Waals surface area contributed by atoms with E-state index >= 15 is 0 Å². The van der Waals surface area contributed by atoms with Gasteiger partial charge < -0.3 is 4.74 Å². The van der Waals surface area contributed by atoms with Crippen LogP contribution in [0.25, 0.3) is 22.3 Å². The van der Waals surface area contributed by atoms with Gasteiger partial charge in [0.15, 0.2) is 14.7 Å². The standard InChI is InChI=1S/C38H31OS2/c1-2-39-37-28-36(26-27-38(37)40-33-22-18-31(19-23-33)29-12-6-3-7-13-29)41(34-16-10-5-11-17-34)35-24-20-32(21-25-35)30-14-8-4-9-15-30/h3-28H,2H2,1H3/q+1. The molecule has 200 valence electrons. The Morgan fingerprint density at radius 3 is 1.51 bits per heavy atom. The molecule has 0 heterocycles. The highest BCUT2D eigenvalue weighted by molar-refractivity contribution is 7.99. The molecule has 6 aromatic carbocycles. The molecule has 3 heteroatoms. The van der Waals surface area contributed by atoms with Crippen molar-refractivity contribution in [2.45, 2.75) is 31.4 Å². The summed E-state index contributed by atoms with van der Waals surface area (Å²) in [7, 11) is -0.261. The minimum absolute atomic E-state index is 0.261. The Morgan fingerprint density at radius 2 is 0.951 bits per heavy atom. The van der Waals surface area contributed by atoms with E-state index in [9.17, 15) is 0 Å². The van der Waals surface area contributed by atoms with E-state index in [-0.39, 0.29) is 10.9 Å². The van der Waals surface area contributed by atoms with Crippen molar-refractivity contribution in [3.63, 3.8) is 0 Å². The first-order valence-electron chi connectivity index (χ1n) is 13.8. The van der Waals surface area contributed by atoms with Crippen molar-refractivity contribution in [2.24, 2.45) is 0 Å². The summed E-state index contributed by atoms with van der Waals surface area (Å²) >= 11 is 1.75. The first-order chi connectivity index (χ1) is 20.3. The van der Waals surface area contributed by atoms with E-state index in [1.165, 1.54) is 41.8 Å². The minimum Gasteiger partial charge on any atom is -0.492 e. The molecule has 0 amide bonds. The van der Waals surface area contributed by atoms with Gasteiger partial charge in [0, 0.05) is 11.0 Å². The number of hydrogen-bond acceptors (Lipinski definition) is 2. The Labute approximate surface area is 250 Å². The number of ether oxygens (including phenoxy) is 1. The lowest BCUT2D eigenvalue weighted by Gasteiger charge is -2.14. The molecule has 0 aromatic heterocycles. The number of benzene rings is 6. The maximum Gasteiger partial charge on any atom is 0.170 e. The Balaban J connectivity index is 1.32. The van der Waals surface area contributed by atoms with Crippen molar-refractivity contribution in [3.8, 4) is 28.0 Å². The predicted octanol–water partition coefficient (Wildman–Crippen LogP) is 10.7. The van der Waals surface area contributed by atoms with Crippen LogP contribution in [0.4, 0.5) is 0 Å². The third kappa shape index (κ3) is 6.43. The van der Waals surface area contributed by atoms with Crippen molar-refractivity contribution in [3.05, 3.63) is 158 Å². The monoisotopic (exact) mass is 567 g/mol. The van der Waals surface area contributed by atoms with E-state index in [0.29, 0.717) is 6.61 Å². The van der Waals surface area contributed by atoms with Gasteiger partial charge >= 0.3 is 0 Å². The molecule has 0 aliphatic rings. The van der Waals surface area contributed by atoms with Gasteiger partial charge in [-0.05, 0) is 89.8 Å². The predicted molar refractivity (Wildman–Crippen MR) is 174 cm³/mol. The van der Waals surface area contributed by atoms with Crippen molar-refractivity contribution >= 4 is 22.7 Å². The molecule has 0 bridgehead atoms. The van der Waals surface area contributed by atoms with Gasteiger partial charge in [-0.15, -0.1) is 0 Å². The summed E-state index contributed by atoms with van der Waals surface area (Å²) in [4.78, 5) is 6.14. The van der Waals surface area contributed by atoms with Crippen LogP contribution in [0.1, 0.15) is 6.92 Å². The molecule has 0 aliphatic heterocycles. The maximum atomic E-state index is 6.23. The Bertz CT molecular complexity index is 1680. The van der Waals surface area contributed by atoms with E-state index in [1.807, 2.05) is 0 Å². The van der Waals surface area contributed by atoms with E-state index in [1.54, 1.807) is 11.8 Å². The average Bonchev–Trinajstić information content (AvgIpc) is 3.04. The second-order valence-corrected chi connectivity index (χ2v) is 12.7. The van der Waals surface area contributed by atoms with Crippen LogP contribution in [-0.2, 0) is 10.9 Å². The highest BCUT2D eigenvalue weighted by Gasteiger charge is 2.30. The second kappa shape index (κ2) is 13.0. The van der Waals surface area contributed by atoms with Gasteiger partial charge in [-0.2, -0.15) is 0 Å². The van der Waals surface area contributed by atoms with Crippen molar-refractivity contribution in [1.82, 2.24) is 0 Å². The van der Waals surface area contributed by atoms with Gasteiger partial charge in [0.2, 0.25) is 0 Å². The van der Waals surface area contributed by atoms with Gasteiger partial charge in [-0.3, -0.25) is 0 Å². The van der Waals surface area contributed by atoms with Crippen LogP contribution in [0.5, 0.6) is 5.75 Å². The topological polar surface area (TPSA) is 9.23 Å². The fraction of sp³-hybridized carbons (Fsp3) is 0.0526. The molecule has 41 heavy (non-hydrogen) atoms. The van der Waals surface area contributed by atoms with Gasteiger partial charge in [-0.25, -0.2) is 0 Å². The molecule has 1 atom stereocenters.